The molecule has 4 rings (SSSR count). The molecule has 200 valence electrons. The predicted octanol–water partition coefficient (Wildman–Crippen LogP) is 3.51. The lowest BCUT2D eigenvalue weighted by molar-refractivity contribution is -0.141. The van der Waals surface area contributed by atoms with E-state index in [1.54, 1.807) is 24.4 Å². The van der Waals surface area contributed by atoms with Gasteiger partial charge in [-0.25, -0.2) is 4.98 Å². The first-order valence-electron chi connectivity index (χ1n) is 11.8. The topological polar surface area (TPSA) is 108 Å². The molecule has 38 heavy (non-hydrogen) atoms. The number of anilines is 3. The average molecular weight is 530 g/mol. The Morgan fingerprint density at radius 2 is 1.95 bits per heavy atom. The van der Waals surface area contributed by atoms with Crippen molar-refractivity contribution >= 4 is 29.5 Å². The van der Waals surface area contributed by atoms with Crippen LogP contribution in [-0.4, -0.2) is 66.8 Å². The van der Waals surface area contributed by atoms with Crippen LogP contribution in [0.1, 0.15) is 21.6 Å². The van der Waals surface area contributed by atoms with Crippen LogP contribution in [0, 0.1) is 6.92 Å². The second-order valence-corrected chi connectivity index (χ2v) is 8.60. The van der Waals surface area contributed by atoms with Gasteiger partial charge in [0.2, 0.25) is 6.41 Å². The number of aliphatic hydroxyl groups excluding tert-OH is 1. The van der Waals surface area contributed by atoms with Gasteiger partial charge in [0.1, 0.15) is 5.69 Å². The number of pyridine rings is 2. The minimum Gasteiger partial charge on any atom is -0.395 e. The summed E-state index contributed by atoms with van der Waals surface area (Å²) >= 11 is 0. The number of aromatic nitrogens is 2. The maximum Gasteiger partial charge on any atom is 0.433 e. The molecule has 0 atom stereocenters. The van der Waals surface area contributed by atoms with Gasteiger partial charge in [0.05, 0.1) is 32.1 Å². The number of halogens is 3. The van der Waals surface area contributed by atoms with E-state index in [4.69, 9.17) is 4.74 Å². The molecule has 1 aromatic carbocycles. The molecule has 1 aliphatic heterocycles. The van der Waals surface area contributed by atoms with E-state index >= 15 is 0 Å². The summed E-state index contributed by atoms with van der Waals surface area (Å²) in [4.78, 5) is 35.6. The molecule has 3 aromatic rings. The van der Waals surface area contributed by atoms with Crippen LogP contribution in [0.15, 0.2) is 48.8 Å². The van der Waals surface area contributed by atoms with Gasteiger partial charge in [-0.05, 0) is 48.4 Å². The van der Waals surface area contributed by atoms with Crippen LogP contribution >= 0.6 is 0 Å². The van der Waals surface area contributed by atoms with Gasteiger partial charge >= 0.3 is 6.18 Å². The Hall–Kier alpha value is -4.03. The van der Waals surface area contributed by atoms with E-state index in [-0.39, 0.29) is 18.7 Å². The summed E-state index contributed by atoms with van der Waals surface area (Å²) in [5.74, 6) is -0.305. The van der Waals surface area contributed by atoms with Gasteiger partial charge in [0.25, 0.3) is 5.91 Å². The van der Waals surface area contributed by atoms with Crippen LogP contribution in [0.3, 0.4) is 0 Å². The fourth-order valence-electron chi connectivity index (χ4n) is 4.11. The molecule has 0 saturated carbocycles. The predicted molar refractivity (Wildman–Crippen MR) is 135 cm³/mol. The Labute approximate surface area is 216 Å². The van der Waals surface area contributed by atoms with Crippen LogP contribution in [0.2, 0.25) is 0 Å². The number of carbonyl (C=O) groups excluding carboxylic acids is 2. The molecule has 1 aliphatic rings. The molecule has 1 saturated heterocycles. The summed E-state index contributed by atoms with van der Waals surface area (Å²) in [6, 6.07) is 8.94. The molecule has 9 nitrogen and oxygen atoms in total. The molecule has 12 heteroatoms. The molecule has 2 aromatic heterocycles. The Bertz CT molecular complexity index is 1310. The number of amides is 2. The van der Waals surface area contributed by atoms with Crippen molar-refractivity contribution in [1.29, 1.82) is 0 Å². The first kappa shape index (κ1) is 27.0. The van der Waals surface area contributed by atoms with E-state index in [1.807, 2.05) is 17.9 Å². The van der Waals surface area contributed by atoms with Crippen molar-refractivity contribution in [2.24, 2.45) is 0 Å². The lowest BCUT2D eigenvalue weighted by atomic mass is 10.0. The summed E-state index contributed by atoms with van der Waals surface area (Å²) in [7, 11) is 0. The van der Waals surface area contributed by atoms with E-state index in [1.165, 1.54) is 11.0 Å². The molecule has 2 amide bonds. The highest BCUT2D eigenvalue weighted by atomic mass is 19.4. The zero-order valence-electron chi connectivity index (χ0n) is 20.5. The second-order valence-electron chi connectivity index (χ2n) is 8.60. The highest BCUT2D eigenvalue weighted by Crippen LogP contribution is 2.35. The van der Waals surface area contributed by atoms with Crippen molar-refractivity contribution in [3.05, 3.63) is 65.6 Å². The molecule has 1 fully saturated rings. The number of carbonyl (C=O) groups is 2. The highest BCUT2D eigenvalue weighted by Gasteiger charge is 2.33. The van der Waals surface area contributed by atoms with E-state index in [2.05, 4.69) is 15.3 Å². The Balaban J connectivity index is 1.67. The minimum absolute atomic E-state index is 0.0821. The summed E-state index contributed by atoms with van der Waals surface area (Å²) < 4.78 is 44.5. The third-order valence-corrected chi connectivity index (χ3v) is 6.06. The van der Waals surface area contributed by atoms with Crippen molar-refractivity contribution in [3.63, 3.8) is 0 Å². The second kappa shape index (κ2) is 11.6. The number of aliphatic hydroxyl groups is 1. The van der Waals surface area contributed by atoms with Gasteiger partial charge in [-0.3, -0.25) is 19.5 Å². The quantitative estimate of drug-likeness (QED) is 0.430. The standard InChI is InChI=1S/C26H26F3N5O4/c1-17-2-3-20(32-25(37)18-4-5-30-23(13-18)26(27,28)29)14-21(17)19-12-22(33-7-10-38-11-8-33)24(31-15-19)34(16-36)6-9-35/h2-5,12-16,35H,6-11H2,1H3,(H,32,37). The zero-order valence-corrected chi connectivity index (χ0v) is 20.5. The first-order valence-corrected chi connectivity index (χ1v) is 11.8. The third-order valence-electron chi connectivity index (χ3n) is 6.06. The SMILES string of the molecule is Cc1ccc(NC(=O)c2ccnc(C(F)(F)F)c2)cc1-c1cnc(N(C=O)CCO)c(N2CCOCC2)c1. The summed E-state index contributed by atoms with van der Waals surface area (Å²) in [6.45, 7) is 3.93. The molecule has 0 unspecified atom stereocenters. The number of morpholine rings is 1. The number of benzene rings is 1. The lowest BCUT2D eigenvalue weighted by Crippen LogP contribution is -2.38. The normalized spacial score (nSPS) is 13.8. The fourth-order valence-corrected chi connectivity index (χ4v) is 4.11. The monoisotopic (exact) mass is 529 g/mol. The van der Waals surface area contributed by atoms with Gasteiger partial charge in [-0.15, -0.1) is 0 Å². The number of alkyl halides is 3. The van der Waals surface area contributed by atoms with Crippen molar-refractivity contribution in [3.8, 4) is 11.1 Å². The van der Waals surface area contributed by atoms with E-state index in [9.17, 15) is 27.9 Å². The van der Waals surface area contributed by atoms with Crippen molar-refractivity contribution in [2.75, 3.05) is 54.6 Å². The highest BCUT2D eigenvalue weighted by molar-refractivity contribution is 6.04. The minimum atomic E-state index is -4.67. The maximum absolute atomic E-state index is 13.0. The maximum atomic E-state index is 13.0. The summed E-state index contributed by atoms with van der Waals surface area (Å²) in [5.41, 5.74) is 2.07. The van der Waals surface area contributed by atoms with Gasteiger partial charge < -0.3 is 20.1 Å². The van der Waals surface area contributed by atoms with Gasteiger partial charge in [0.15, 0.2) is 5.82 Å². The van der Waals surface area contributed by atoms with Crippen molar-refractivity contribution in [2.45, 2.75) is 13.1 Å². The van der Waals surface area contributed by atoms with E-state index < -0.39 is 17.8 Å². The number of aryl methyl sites for hydroxylation is 1. The molecule has 2 N–H and O–H groups in total. The fraction of sp³-hybridized carbons (Fsp3) is 0.308. The number of ether oxygens (including phenoxy) is 1. The van der Waals surface area contributed by atoms with E-state index in [0.717, 1.165) is 17.3 Å². The number of nitrogens with one attached hydrogen (secondary N) is 1. The molecule has 3 heterocycles. The molecular weight excluding hydrogens is 503 g/mol. The molecule has 0 bridgehead atoms. The van der Waals surface area contributed by atoms with Crippen LogP contribution < -0.4 is 15.1 Å². The Morgan fingerprint density at radius 3 is 2.63 bits per heavy atom. The van der Waals surface area contributed by atoms with Crippen LogP contribution in [0.4, 0.5) is 30.4 Å². The number of nitrogens with zero attached hydrogens (tertiary/aromatic N) is 4. The van der Waals surface area contributed by atoms with Gasteiger partial charge in [-0.1, -0.05) is 6.07 Å². The van der Waals surface area contributed by atoms with Gasteiger partial charge in [-0.2, -0.15) is 13.2 Å². The average Bonchev–Trinajstić information content (AvgIpc) is 2.92. The third kappa shape index (κ3) is 6.09. The number of hydrogen-bond donors (Lipinski definition) is 2. The van der Waals surface area contributed by atoms with Gasteiger partial charge in [0, 0.05) is 42.3 Å². The van der Waals surface area contributed by atoms with Crippen molar-refractivity contribution < 1.29 is 32.6 Å². The summed E-state index contributed by atoms with van der Waals surface area (Å²) in [5, 5.41) is 12.0. The van der Waals surface area contributed by atoms with Crippen LogP contribution in [0.25, 0.3) is 11.1 Å². The molecule has 0 spiro atoms. The van der Waals surface area contributed by atoms with E-state index in [0.29, 0.717) is 61.5 Å². The zero-order chi connectivity index (χ0) is 27.3. The molecule has 0 radical (unpaired) electrons. The lowest BCUT2D eigenvalue weighted by Gasteiger charge is -2.32. The molecule has 0 aliphatic carbocycles. The first-order chi connectivity index (χ1) is 18.2. The summed E-state index contributed by atoms with van der Waals surface area (Å²) in [6.07, 6.45) is -1.51. The number of rotatable bonds is 8. The molecular formula is C26H26F3N5O4. The Kier molecular flexibility index (Phi) is 8.23. The van der Waals surface area contributed by atoms with Crippen LogP contribution in [-0.2, 0) is 15.7 Å². The smallest absolute Gasteiger partial charge is 0.395 e. The Morgan fingerprint density at radius 1 is 1.18 bits per heavy atom. The van der Waals surface area contributed by atoms with Crippen molar-refractivity contribution in [1.82, 2.24) is 9.97 Å². The van der Waals surface area contributed by atoms with Crippen LogP contribution in [0.5, 0.6) is 0 Å². The number of hydrogen-bond acceptors (Lipinski definition) is 7. The largest absolute Gasteiger partial charge is 0.433 e.